The molecule has 0 bridgehead atoms. The first-order valence-corrected chi connectivity index (χ1v) is 4.06. The molecule has 1 rings (SSSR count). The monoisotopic (exact) mass is 183 g/mol. The van der Waals surface area contributed by atoms with Gasteiger partial charge in [-0.05, 0) is 18.1 Å². The fraction of sp³-hybridized carbons (Fsp3) is 0.222. The van der Waals surface area contributed by atoms with E-state index in [2.05, 4.69) is 0 Å². The normalized spacial score (nSPS) is 12.5. The summed E-state index contributed by atoms with van der Waals surface area (Å²) in [4.78, 5) is 10.3. The minimum absolute atomic E-state index is 0.454. The molecule has 0 radical (unpaired) electrons. The highest BCUT2D eigenvalue weighted by Gasteiger charge is 2.04. The predicted molar refractivity (Wildman–Crippen MR) is 49.2 cm³/mol. The van der Waals surface area contributed by atoms with Crippen LogP contribution in [0.1, 0.15) is 5.56 Å². The molecule has 2 nitrogen and oxygen atoms in total. The summed E-state index contributed by atoms with van der Waals surface area (Å²) < 4.78 is 0. The largest absolute Gasteiger partial charge is 0.321 e. The molecule has 12 heavy (non-hydrogen) atoms. The van der Waals surface area contributed by atoms with Crippen molar-refractivity contribution in [2.24, 2.45) is 5.73 Å². The van der Waals surface area contributed by atoms with E-state index in [1.807, 2.05) is 18.2 Å². The molecule has 0 amide bonds. The molecule has 0 heterocycles. The lowest BCUT2D eigenvalue weighted by atomic mass is 10.1. The predicted octanol–water partition coefficient (Wildman–Crippen LogP) is 1.41. The van der Waals surface area contributed by atoms with Crippen molar-refractivity contribution in [3.05, 3.63) is 34.9 Å². The van der Waals surface area contributed by atoms with Crippen LogP contribution in [0.15, 0.2) is 24.3 Å². The van der Waals surface area contributed by atoms with Gasteiger partial charge in [0, 0.05) is 5.02 Å². The zero-order valence-electron chi connectivity index (χ0n) is 6.53. The Morgan fingerprint density at radius 3 is 2.75 bits per heavy atom. The van der Waals surface area contributed by atoms with Gasteiger partial charge in [0.25, 0.3) is 0 Å². The van der Waals surface area contributed by atoms with E-state index in [0.717, 1.165) is 11.8 Å². The molecule has 0 spiro atoms. The maximum atomic E-state index is 10.3. The second kappa shape index (κ2) is 4.24. The summed E-state index contributed by atoms with van der Waals surface area (Å²) in [7, 11) is 0. The maximum absolute atomic E-state index is 10.3. The van der Waals surface area contributed by atoms with E-state index >= 15 is 0 Å². The number of aldehydes is 1. The molecule has 0 saturated carbocycles. The van der Waals surface area contributed by atoms with E-state index in [9.17, 15) is 4.79 Å². The van der Waals surface area contributed by atoms with Gasteiger partial charge in [-0.1, -0.05) is 29.8 Å². The zero-order chi connectivity index (χ0) is 8.97. The first-order valence-electron chi connectivity index (χ1n) is 3.68. The van der Waals surface area contributed by atoms with Crippen molar-refractivity contribution >= 4 is 17.9 Å². The molecule has 2 N–H and O–H groups in total. The molecule has 1 atom stereocenters. The van der Waals surface area contributed by atoms with Crippen molar-refractivity contribution in [3.8, 4) is 0 Å². The van der Waals surface area contributed by atoms with E-state index < -0.39 is 6.04 Å². The van der Waals surface area contributed by atoms with E-state index in [-0.39, 0.29) is 0 Å². The summed E-state index contributed by atoms with van der Waals surface area (Å²) >= 11 is 5.85. The third-order valence-electron chi connectivity index (χ3n) is 1.59. The summed E-state index contributed by atoms with van der Waals surface area (Å²) in [5.41, 5.74) is 6.36. The first kappa shape index (κ1) is 9.23. The summed E-state index contributed by atoms with van der Waals surface area (Å²) in [5, 5.41) is 0.662. The number of carbonyl (C=O) groups excluding carboxylic acids is 1. The second-order valence-corrected chi connectivity index (χ2v) is 3.00. The average Bonchev–Trinajstić information content (AvgIpc) is 2.09. The summed E-state index contributed by atoms with van der Waals surface area (Å²) in [5.74, 6) is 0. The Labute approximate surface area is 76.3 Å². The van der Waals surface area contributed by atoms with Crippen LogP contribution in [0.3, 0.4) is 0 Å². The number of hydrogen-bond acceptors (Lipinski definition) is 2. The molecule has 1 aromatic rings. The highest BCUT2D eigenvalue weighted by Crippen LogP contribution is 2.15. The Balaban J connectivity index is 2.75. The van der Waals surface area contributed by atoms with Gasteiger partial charge >= 0.3 is 0 Å². The second-order valence-electron chi connectivity index (χ2n) is 2.60. The number of halogens is 1. The summed E-state index contributed by atoms with van der Waals surface area (Å²) in [6, 6.07) is 6.92. The fourth-order valence-electron chi connectivity index (χ4n) is 0.966. The van der Waals surface area contributed by atoms with Gasteiger partial charge < -0.3 is 10.5 Å². The Bertz CT molecular complexity index is 275. The van der Waals surface area contributed by atoms with Gasteiger partial charge in [-0.2, -0.15) is 0 Å². The van der Waals surface area contributed by atoms with E-state index in [0.29, 0.717) is 11.4 Å². The number of rotatable bonds is 3. The molecule has 0 saturated heterocycles. The fourth-order valence-corrected chi connectivity index (χ4v) is 1.18. The number of carbonyl (C=O) groups is 1. The van der Waals surface area contributed by atoms with Crippen molar-refractivity contribution in [1.82, 2.24) is 0 Å². The molecule has 1 aromatic carbocycles. The van der Waals surface area contributed by atoms with Gasteiger partial charge in [-0.25, -0.2) is 0 Å². The Morgan fingerprint density at radius 1 is 1.50 bits per heavy atom. The minimum Gasteiger partial charge on any atom is -0.321 e. The van der Waals surface area contributed by atoms with Gasteiger partial charge in [-0.15, -0.1) is 0 Å². The first-order chi connectivity index (χ1) is 5.74. The molecule has 64 valence electrons. The summed E-state index contributed by atoms with van der Waals surface area (Å²) in [6.45, 7) is 0. The van der Waals surface area contributed by atoms with E-state index in [4.69, 9.17) is 17.3 Å². The maximum Gasteiger partial charge on any atom is 0.137 e. The Kier molecular flexibility index (Phi) is 3.26. The number of nitrogens with two attached hydrogens (primary N) is 1. The highest BCUT2D eigenvalue weighted by atomic mass is 35.5. The van der Waals surface area contributed by atoms with Gasteiger partial charge in [0.15, 0.2) is 0 Å². The van der Waals surface area contributed by atoms with Crippen LogP contribution in [0.5, 0.6) is 0 Å². The van der Waals surface area contributed by atoms with Gasteiger partial charge in [0.1, 0.15) is 6.29 Å². The molecule has 0 unspecified atom stereocenters. The van der Waals surface area contributed by atoms with Gasteiger partial charge in [0.2, 0.25) is 0 Å². The highest BCUT2D eigenvalue weighted by molar-refractivity contribution is 6.31. The van der Waals surface area contributed by atoms with Crippen LogP contribution in [0, 0.1) is 0 Å². The standard InChI is InChI=1S/C9H10ClNO/c10-9-4-2-1-3-7(9)5-8(11)6-12/h1-4,6,8H,5,11H2/t8-/m0/s1. The lowest BCUT2D eigenvalue weighted by Gasteiger charge is -2.05. The number of hydrogen-bond donors (Lipinski definition) is 1. The van der Waals surface area contributed by atoms with E-state index in [1.54, 1.807) is 6.07 Å². The van der Waals surface area contributed by atoms with Crippen LogP contribution in [-0.4, -0.2) is 12.3 Å². The molecular weight excluding hydrogens is 174 g/mol. The Hall–Kier alpha value is -0.860. The smallest absolute Gasteiger partial charge is 0.137 e. The molecule has 0 aromatic heterocycles. The van der Waals surface area contributed by atoms with Gasteiger partial charge in [0.05, 0.1) is 6.04 Å². The van der Waals surface area contributed by atoms with Crippen molar-refractivity contribution in [3.63, 3.8) is 0 Å². The third-order valence-corrected chi connectivity index (χ3v) is 1.96. The molecular formula is C9H10ClNO. The van der Waals surface area contributed by atoms with Crippen LogP contribution in [0.4, 0.5) is 0 Å². The van der Waals surface area contributed by atoms with Crippen LogP contribution in [0.2, 0.25) is 5.02 Å². The lowest BCUT2D eigenvalue weighted by Crippen LogP contribution is -2.24. The summed E-state index contributed by atoms with van der Waals surface area (Å²) in [6.07, 6.45) is 1.23. The van der Waals surface area contributed by atoms with E-state index in [1.165, 1.54) is 0 Å². The molecule has 3 heteroatoms. The molecule has 0 fully saturated rings. The third kappa shape index (κ3) is 2.32. The van der Waals surface area contributed by atoms with Gasteiger partial charge in [-0.3, -0.25) is 0 Å². The zero-order valence-corrected chi connectivity index (χ0v) is 7.29. The Morgan fingerprint density at radius 2 is 2.17 bits per heavy atom. The SMILES string of the molecule is N[C@H](C=O)Cc1ccccc1Cl. The molecule has 0 aliphatic rings. The van der Waals surface area contributed by atoms with Crippen LogP contribution < -0.4 is 5.73 Å². The van der Waals surface area contributed by atoms with Crippen LogP contribution in [-0.2, 0) is 11.2 Å². The van der Waals surface area contributed by atoms with Crippen molar-refractivity contribution in [1.29, 1.82) is 0 Å². The van der Waals surface area contributed by atoms with Crippen molar-refractivity contribution in [2.75, 3.05) is 0 Å². The van der Waals surface area contributed by atoms with Crippen molar-refractivity contribution < 1.29 is 4.79 Å². The lowest BCUT2D eigenvalue weighted by molar-refractivity contribution is -0.108. The van der Waals surface area contributed by atoms with Crippen molar-refractivity contribution in [2.45, 2.75) is 12.5 Å². The molecule has 0 aliphatic heterocycles. The number of benzene rings is 1. The van der Waals surface area contributed by atoms with Crippen LogP contribution in [0.25, 0.3) is 0 Å². The quantitative estimate of drug-likeness (QED) is 0.721. The topological polar surface area (TPSA) is 43.1 Å². The molecule has 0 aliphatic carbocycles. The average molecular weight is 184 g/mol. The van der Waals surface area contributed by atoms with Crippen LogP contribution >= 0.6 is 11.6 Å². The minimum atomic E-state index is -0.454.